The van der Waals surface area contributed by atoms with Crippen molar-refractivity contribution in [3.63, 3.8) is 0 Å². The van der Waals surface area contributed by atoms with Crippen LogP contribution in [0.4, 0.5) is 0 Å². The van der Waals surface area contributed by atoms with Crippen LogP contribution in [-0.4, -0.2) is 0 Å². The van der Waals surface area contributed by atoms with Gasteiger partial charge in [-0.25, -0.2) is 0 Å². The molecule has 0 atom stereocenters. The Labute approximate surface area is 84.3 Å². The van der Waals surface area contributed by atoms with Crippen molar-refractivity contribution in [2.75, 3.05) is 0 Å². The molecule has 2 aromatic carbocycles. The number of hydrogen-bond donors (Lipinski definition) is 0. The molecule has 0 aromatic heterocycles. The average molecular weight is 185 g/mol. The van der Waals surface area contributed by atoms with Crippen LogP contribution in [0.3, 0.4) is 0 Å². The quantitative estimate of drug-likeness (QED) is 0.691. The van der Waals surface area contributed by atoms with Crippen LogP contribution in [0.2, 0.25) is 0 Å². The fraction of sp³-hybridized carbons (Fsp3) is 0.154. The molecule has 0 aliphatic carbocycles. The van der Waals surface area contributed by atoms with E-state index in [0.717, 1.165) is 17.2 Å². The smallest absolute Gasteiger partial charge is 0.142 e. The molecule has 0 unspecified atom stereocenters. The van der Waals surface area contributed by atoms with Crippen LogP contribution >= 0.6 is 0 Å². The molecule has 0 spiro atoms. The van der Waals surface area contributed by atoms with E-state index in [1.54, 1.807) is 0 Å². The minimum Gasteiger partial charge on any atom is -0.483 e. The van der Waals surface area contributed by atoms with E-state index in [1.807, 2.05) is 38.1 Å². The Morgan fingerprint density at radius 2 is 1.64 bits per heavy atom. The lowest BCUT2D eigenvalue weighted by Gasteiger charge is -2.10. The molecule has 0 saturated carbocycles. The zero-order valence-corrected chi connectivity index (χ0v) is 8.45. The maximum Gasteiger partial charge on any atom is 0.142 e. The topological polar surface area (TPSA) is 9.23 Å². The van der Waals surface area contributed by atoms with Gasteiger partial charge in [-0.3, -0.25) is 0 Å². The highest BCUT2D eigenvalue weighted by Gasteiger charge is 2.02. The predicted octanol–water partition coefficient (Wildman–Crippen LogP) is 3.79. The molecule has 0 aliphatic rings. The molecule has 0 aliphatic heterocycles. The van der Waals surface area contributed by atoms with Gasteiger partial charge in [0.1, 0.15) is 11.9 Å². The van der Waals surface area contributed by atoms with Crippen molar-refractivity contribution in [3.8, 4) is 5.75 Å². The Bertz CT molecular complexity index is 427. The van der Waals surface area contributed by atoms with Crippen LogP contribution in [-0.2, 0) is 0 Å². The van der Waals surface area contributed by atoms with E-state index in [2.05, 4.69) is 18.2 Å². The molecule has 1 heteroatoms. The highest BCUT2D eigenvalue weighted by atomic mass is 16.5. The first-order valence-corrected chi connectivity index (χ1v) is 4.73. The van der Waals surface area contributed by atoms with Crippen molar-refractivity contribution in [2.45, 2.75) is 13.8 Å². The molecule has 0 saturated heterocycles. The summed E-state index contributed by atoms with van der Waals surface area (Å²) < 4.78 is 5.64. The number of fused-ring (bicyclic) bond motifs is 1. The monoisotopic (exact) mass is 185 g/mol. The minimum absolute atomic E-state index is 0.933. The summed E-state index contributed by atoms with van der Waals surface area (Å²) in [5, 5.41) is 2.38. The average Bonchev–Trinajstić information content (AvgIpc) is 2.18. The molecule has 0 bridgehead atoms. The molecule has 2 rings (SSSR count). The normalized spacial score (nSPS) is 10.8. The zero-order chi connectivity index (χ0) is 9.97. The third-order valence-electron chi connectivity index (χ3n) is 2.06. The standard InChI is InChI=1S/C13H13O/c1-10(2)14-13-9-5-7-11-6-3-4-8-12(11)13/h3-9H,1-2H3. The highest BCUT2D eigenvalue weighted by Crippen LogP contribution is 2.26. The Kier molecular flexibility index (Phi) is 2.40. The van der Waals surface area contributed by atoms with E-state index in [9.17, 15) is 0 Å². The second-order valence-electron chi connectivity index (χ2n) is 3.49. The van der Waals surface area contributed by atoms with E-state index < -0.39 is 0 Å². The molecule has 0 N–H and O–H groups in total. The van der Waals surface area contributed by atoms with Crippen LogP contribution in [0.1, 0.15) is 13.8 Å². The fourth-order valence-electron chi connectivity index (χ4n) is 1.50. The lowest BCUT2D eigenvalue weighted by atomic mass is 10.1. The van der Waals surface area contributed by atoms with Gasteiger partial charge in [-0.2, -0.15) is 0 Å². The Balaban J connectivity index is 2.53. The molecule has 2 aromatic rings. The highest BCUT2D eigenvalue weighted by molar-refractivity contribution is 5.88. The summed E-state index contributed by atoms with van der Waals surface area (Å²) in [6.45, 7) is 3.92. The maximum absolute atomic E-state index is 5.64. The molecule has 0 amide bonds. The summed E-state index contributed by atoms with van der Waals surface area (Å²) in [5.41, 5.74) is 0. The second kappa shape index (κ2) is 3.70. The van der Waals surface area contributed by atoms with E-state index >= 15 is 0 Å². The van der Waals surface area contributed by atoms with Gasteiger partial charge in [0, 0.05) is 5.39 Å². The van der Waals surface area contributed by atoms with Gasteiger partial charge in [0.05, 0.1) is 0 Å². The third kappa shape index (κ3) is 1.72. The molecular weight excluding hydrogens is 172 g/mol. The third-order valence-corrected chi connectivity index (χ3v) is 2.06. The lowest BCUT2D eigenvalue weighted by Crippen LogP contribution is -1.96. The first-order chi connectivity index (χ1) is 6.77. The number of benzene rings is 2. The fourth-order valence-corrected chi connectivity index (χ4v) is 1.50. The zero-order valence-electron chi connectivity index (χ0n) is 8.45. The van der Waals surface area contributed by atoms with Gasteiger partial charge >= 0.3 is 0 Å². The van der Waals surface area contributed by atoms with Crippen molar-refractivity contribution in [1.82, 2.24) is 0 Å². The van der Waals surface area contributed by atoms with E-state index in [0.29, 0.717) is 0 Å². The van der Waals surface area contributed by atoms with Crippen LogP contribution in [0, 0.1) is 6.10 Å². The van der Waals surface area contributed by atoms with Crippen LogP contribution in [0.5, 0.6) is 5.75 Å². The molecule has 1 nitrogen and oxygen atoms in total. The van der Waals surface area contributed by atoms with Crippen molar-refractivity contribution < 1.29 is 4.74 Å². The number of hydrogen-bond acceptors (Lipinski definition) is 1. The van der Waals surface area contributed by atoms with Gasteiger partial charge in [-0.05, 0) is 25.3 Å². The molecule has 14 heavy (non-hydrogen) atoms. The molecule has 0 heterocycles. The Morgan fingerprint density at radius 1 is 0.929 bits per heavy atom. The van der Waals surface area contributed by atoms with E-state index in [1.165, 1.54) is 5.39 Å². The molecular formula is C13H13O. The minimum atomic E-state index is 0.933. The van der Waals surface area contributed by atoms with Crippen molar-refractivity contribution in [1.29, 1.82) is 0 Å². The van der Waals surface area contributed by atoms with E-state index in [4.69, 9.17) is 4.74 Å². The van der Waals surface area contributed by atoms with Gasteiger partial charge in [-0.15, -0.1) is 0 Å². The summed E-state index contributed by atoms with van der Waals surface area (Å²) in [7, 11) is 0. The molecule has 1 radical (unpaired) electrons. The van der Waals surface area contributed by atoms with Crippen LogP contribution in [0.25, 0.3) is 10.8 Å². The van der Waals surface area contributed by atoms with Crippen LogP contribution in [0.15, 0.2) is 42.5 Å². The van der Waals surface area contributed by atoms with Crippen LogP contribution < -0.4 is 4.74 Å². The van der Waals surface area contributed by atoms with E-state index in [-0.39, 0.29) is 0 Å². The summed E-state index contributed by atoms with van der Waals surface area (Å²) in [6, 6.07) is 14.3. The molecule has 71 valence electrons. The van der Waals surface area contributed by atoms with Gasteiger partial charge in [0.25, 0.3) is 0 Å². The second-order valence-corrected chi connectivity index (χ2v) is 3.49. The largest absolute Gasteiger partial charge is 0.483 e. The Hall–Kier alpha value is -1.50. The lowest BCUT2D eigenvalue weighted by molar-refractivity contribution is 0.349. The van der Waals surface area contributed by atoms with Crippen molar-refractivity contribution in [3.05, 3.63) is 48.6 Å². The van der Waals surface area contributed by atoms with Gasteiger partial charge in [0.15, 0.2) is 0 Å². The Morgan fingerprint density at radius 3 is 2.43 bits per heavy atom. The first kappa shape index (κ1) is 9.07. The van der Waals surface area contributed by atoms with Crippen molar-refractivity contribution >= 4 is 10.8 Å². The van der Waals surface area contributed by atoms with Gasteiger partial charge in [0.2, 0.25) is 0 Å². The predicted molar refractivity (Wildman–Crippen MR) is 59.2 cm³/mol. The summed E-state index contributed by atoms with van der Waals surface area (Å²) in [5.74, 6) is 0.933. The van der Waals surface area contributed by atoms with Gasteiger partial charge in [-0.1, -0.05) is 36.4 Å². The summed E-state index contributed by atoms with van der Waals surface area (Å²) in [4.78, 5) is 0. The number of ether oxygens (including phenoxy) is 1. The first-order valence-electron chi connectivity index (χ1n) is 4.73. The number of rotatable bonds is 2. The maximum atomic E-state index is 5.64. The summed E-state index contributed by atoms with van der Waals surface area (Å²) in [6.07, 6.45) is 0.960. The SMILES string of the molecule is C[C](C)Oc1cccc2ccccc12. The molecule has 0 fully saturated rings. The summed E-state index contributed by atoms with van der Waals surface area (Å²) >= 11 is 0. The van der Waals surface area contributed by atoms with Gasteiger partial charge < -0.3 is 4.74 Å². The van der Waals surface area contributed by atoms with Crippen molar-refractivity contribution in [2.24, 2.45) is 0 Å².